The topological polar surface area (TPSA) is 102 Å². The summed E-state index contributed by atoms with van der Waals surface area (Å²) in [7, 11) is 0. The minimum Gasteiger partial charge on any atom is -0.394 e. The van der Waals surface area contributed by atoms with Crippen LogP contribution in [0.2, 0.25) is 0 Å². The van der Waals surface area contributed by atoms with Gasteiger partial charge in [-0.2, -0.15) is 0 Å². The molecule has 0 radical (unpaired) electrons. The monoisotopic (exact) mass is 250 g/mol. The summed E-state index contributed by atoms with van der Waals surface area (Å²) in [6.45, 7) is -0.772. The summed E-state index contributed by atoms with van der Waals surface area (Å²) in [5, 5.41) is 30.4. The Hall–Kier alpha value is -0.960. The molecule has 0 aliphatic carbocycles. The molecule has 0 aromatic rings. The van der Waals surface area contributed by atoms with Crippen molar-refractivity contribution in [3.05, 3.63) is 0 Å². The van der Waals surface area contributed by atoms with Gasteiger partial charge in [0.2, 0.25) is 0 Å². The van der Waals surface area contributed by atoms with E-state index < -0.39 is 43.3 Å². The highest BCUT2D eigenvalue weighted by atomic mass is 19.1. The van der Waals surface area contributed by atoms with E-state index in [1.54, 1.807) is 0 Å². The molecule has 0 aromatic carbocycles. The molecule has 1 unspecified atom stereocenters. The molecule has 2 aliphatic heterocycles. The SMILES string of the molecule is O=C1NCC(F)CN1[C@@H]1O[C@H](CO)[C@H](O)[C@@H]1O. The standard InChI is InChI=1S/C9H15FN2O5/c10-4-1-11-9(16)12(2-4)8-7(15)6(14)5(3-13)17-8/h4-8,13-15H,1-3H2,(H,11,16)/t4?,5-,6+,7+,8-/m1/s1. The fourth-order valence-electron chi connectivity index (χ4n) is 2.02. The van der Waals surface area contributed by atoms with Crippen molar-refractivity contribution in [1.82, 2.24) is 10.2 Å². The second kappa shape index (κ2) is 4.73. The number of hydrogen-bond acceptors (Lipinski definition) is 5. The maximum atomic E-state index is 13.2. The Morgan fingerprint density at radius 3 is 2.76 bits per heavy atom. The molecule has 98 valence electrons. The number of aliphatic hydroxyl groups excluding tert-OH is 3. The van der Waals surface area contributed by atoms with E-state index in [4.69, 9.17) is 9.84 Å². The Kier molecular flexibility index (Phi) is 3.48. The fraction of sp³-hybridized carbons (Fsp3) is 0.889. The van der Waals surface area contributed by atoms with E-state index in [0.29, 0.717) is 0 Å². The Bertz CT molecular complexity index is 305. The number of hydrogen-bond donors (Lipinski definition) is 4. The quantitative estimate of drug-likeness (QED) is 0.445. The number of aliphatic hydroxyl groups is 3. The molecule has 7 nitrogen and oxygen atoms in total. The molecule has 2 aliphatic rings. The van der Waals surface area contributed by atoms with Crippen molar-refractivity contribution in [3.63, 3.8) is 0 Å². The average molecular weight is 250 g/mol. The van der Waals surface area contributed by atoms with Gasteiger partial charge in [-0.15, -0.1) is 0 Å². The highest BCUT2D eigenvalue weighted by molar-refractivity contribution is 5.75. The van der Waals surface area contributed by atoms with Crippen LogP contribution < -0.4 is 5.32 Å². The number of nitrogens with one attached hydrogen (secondary N) is 1. The smallest absolute Gasteiger partial charge is 0.319 e. The molecule has 2 amide bonds. The number of carbonyl (C=O) groups is 1. The number of alkyl halides is 1. The first-order chi connectivity index (χ1) is 8.04. The number of carbonyl (C=O) groups excluding carboxylic acids is 1. The van der Waals surface area contributed by atoms with Gasteiger partial charge in [-0.25, -0.2) is 9.18 Å². The van der Waals surface area contributed by atoms with Crippen LogP contribution in [-0.4, -0.2) is 76.7 Å². The number of urea groups is 1. The number of nitrogens with zero attached hydrogens (tertiary/aromatic N) is 1. The average Bonchev–Trinajstić information content (AvgIpc) is 2.59. The van der Waals surface area contributed by atoms with Crippen LogP contribution in [0.4, 0.5) is 9.18 Å². The van der Waals surface area contributed by atoms with Crippen LogP contribution in [0.15, 0.2) is 0 Å². The van der Waals surface area contributed by atoms with Gasteiger partial charge in [-0.1, -0.05) is 0 Å². The third-order valence-electron chi connectivity index (χ3n) is 2.95. The van der Waals surface area contributed by atoms with E-state index >= 15 is 0 Å². The van der Waals surface area contributed by atoms with E-state index in [-0.39, 0.29) is 13.1 Å². The number of rotatable bonds is 2. The molecule has 0 bridgehead atoms. The van der Waals surface area contributed by atoms with Crippen LogP contribution >= 0.6 is 0 Å². The number of ether oxygens (including phenoxy) is 1. The molecule has 2 heterocycles. The van der Waals surface area contributed by atoms with Crippen LogP contribution in [0.5, 0.6) is 0 Å². The van der Waals surface area contributed by atoms with Crippen LogP contribution in [0.1, 0.15) is 0 Å². The van der Waals surface area contributed by atoms with E-state index in [2.05, 4.69) is 5.32 Å². The molecule has 2 saturated heterocycles. The summed E-state index contributed by atoms with van der Waals surface area (Å²) in [5.74, 6) is 0. The number of amides is 2. The third kappa shape index (κ3) is 2.21. The van der Waals surface area contributed by atoms with Crippen molar-refractivity contribution in [2.24, 2.45) is 0 Å². The fourth-order valence-corrected chi connectivity index (χ4v) is 2.02. The lowest BCUT2D eigenvalue weighted by Gasteiger charge is -2.35. The van der Waals surface area contributed by atoms with Crippen molar-refractivity contribution in [2.75, 3.05) is 19.7 Å². The molecule has 0 aromatic heterocycles. The molecule has 8 heteroatoms. The highest BCUT2D eigenvalue weighted by Crippen LogP contribution is 2.25. The Morgan fingerprint density at radius 2 is 2.18 bits per heavy atom. The van der Waals surface area contributed by atoms with Crippen LogP contribution in [0.25, 0.3) is 0 Å². The summed E-state index contributed by atoms with van der Waals surface area (Å²) >= 11 is 0. The minimum atomic E-state index is -1.36. The molecule has 2 fully saturated rings. The van der Waals surface area contributed by atoms with E-state index in [1.165, 1.54) is 0 Å². The first-order valence-electron chi connectivity index (χ1n) is 5.35. The highest BCUT2D eigenvalue weighted by Gasteiger charge is 2.47. The second-order valence-corrected chi connectivity index (χ2v) is 4.16. The second-order valence-electron chi connectivity index (χ2n) is 4.16. The minimum absolute atomic E-state index is 0.0792. The van der Waals surface area contributed by atoms with Crippen LogP contribution in [0, 0.1) is 0 Å². The van der Waals surface area contributed by atoms with Crippen molar-refractivity contribution in [1.29, 1.82) is 0 Å². The van der Waals surface area contributed by atoms with Crippen molar-refractivity contribution < 1.29 is 29.2 Å². The lowest BCUT2D eigenvalue weighted by molar-refractivity contribution is -0.0877. The molecule has 5 atom stereocenters. The van der Waals surface area contributed by atoms with Crippen LogP contribution in [0.3, 0.4) is 0 Å². The largest absolute Gasteiger partial charge is 0.394 e. The summed E-state index contributed by atoms with van der Waals surface area (Å²) in [4.78, 5) is 12.5. The first-order valence-corrected chi connectivity index (χ1v) is 5.35. The summed E-state index contributed by atoms with van der Waals surface area (Å²) in [6, 6.07) is -0.561. The van der Waals surface area contributed by atoms with Gasteiger partial charge in [0, 0.05) is 0 Å². The lowest BCUT2D eigenvalue weighted by Crippen LogP contribution is -2.58. The van der Waals surface area contributed by atoms with Crippen molar-refractivity contribution in [2.45, 2.75) is 30.7 Å². The van der Waals surface area contributed by atoms with Gasteiger partial charge < -0.3 is 25.4 Å². The van der Waals surface area contributed by atoms with Gasteiger partial charge in [0.1, 0.15) is 24.5 Å². The summed E-state index contributed by atoms with van der Waals surface area (Å²) in [6.07, 6.45) is -6.02. The molecule has 0 spiro atoms. The molecule has 4 N–H and O–H groups in total. The lowest BCUT2D eigenvalue weighted by atomic mass is 10.1. The van der Waals surface area contributed by atoms with Gasteiger partial charge >= 0.3 is 6.03 Å². The van der Waals surface area contributed by atoms with Gasteiger partial charge in [-0.05, 0) is 0 Å². The first kappa shape index (κ1) is 12.5. The molecule has 2 rings (SSSR count). The number of halogens is 1. The van der Waals surface area contributed by atoms with E-state index in [1.807, 2.05) is 0 Å². The maximum Gasteiger partial charge on any atom is 0.319 e. The molecule has 17 heavy (non-hydrogen) atoms. The molecular weight excluding hydrogens is 235 g/mol. The summed E-state index contributed by atoms with van der Waals surface area (Å²) < 4.78 is 18.3. The zero-order valence-corrected chi connectivity index (χ0v) is 8.99. The zero-order chi connectivity index (χ0) is 12.6. The zero-order valence-electron chi connectivity index (χ0n) is 8.99. The van der Waals surface area contributed by atoms with Crippen LogP contribution in [-0.2, 0) is 4.74 Å². The Labute approximate surface area is 96.8 Å². The Morgan fingerprint density at radius 1 is 1.47 bits per heavy atom. The van der Waals surface area contributed by atoms with Gasteiger partial charge in [0.15, 0.2) is 6.23 Å². The van der Waals surface area contributed by atoms with Gasteiger partial charge in [0.25, 0.3) is 0 Å². The van der Waals surface area contributed by atoms with Crippen molar-refractivity contribution >= 4 is 6.03 Å². The summed E-state index contributed by atoms with van der Waals surface area (Å²) in [5.41, 5.74) is 0. The molecular formula is C9H15FN2O5. The Balaban J connectivity index is 2.09. The molecule has 0 saturated carbocycles. The van der Waals surface area contributed by atoms with Crippen molar-refractivity contribution in [3.8, 4) is 0 Å². The third-order valence-corrected chi connectivity index (χ3v) is 2.95. The normalized spacial score (nSPS) is 42.7. The maximum absolute atomic E-state index is 13.2. The van der Waals surface area contributed by atoms with Gasteiger partial charge in [0.05, 0.1) is 19.7 Å². The predicted molar refractivity (Wildman–Crippen MR) is 52.8 cm³/mol. The van der Waals surface area contributed by atoms with Gasteiger partial charge in [-0.3, -0.25) is 4.90 Å². The van der Waals surface area contributed by atoms with E-state index in [0.717, 1.165) is 4.90 Å². The predicted octanol–water partition coefficient (Wildman–Crippen LogP) is -2.21. The van der Waals surface area contributed by atoms with E-state index in [9.17, 15) is 19.4 Å².